The van der Waals surface area contributed by atoms with Gasteiger partial charge in [0.25, 0.3) is 0 Å². The van der Waals surface area contributed by atoms with Crippen molar-refractivity contribution in [2.24, 2.45) is 0 Å². The molecule has 0 spiro atoms. The Morgan fingerprint density at radius 3 is 1.36 bits per heavy atom. The molecule has 0 atom stereocenters. The Bertz CT molecular complexity index is 4080. The van der Waals surface area contributed by atoms with Crippen LogP contribution in [0.3, 0.4) is 0 Å². The number of hydrogen-bond donors (Lipinski definition) is 0. The zero-order chi connectivity index (χ0) is 54.2. The monoisotopic (exact) mass is 1020 g/mol. The normalized spacial score (nSPS) is 11.3. The highest BCUT2D eigenvalue weighted by Gasteiger charge is 2.42. The van der Waals surface area contributed by atoms with E-state index in [0.29, 0.717) is 67.8 Å². The Labute approximate surface area is 437 Å². The molecule has 0 aliphatic carbocycles. The van der Waals surface area contributed by atoms with Crippen molar-refractivity contribution in [3.8, 4) is 91.8 Å². The summed E-state index contributed by atoms with van der Waals surface area (Å²) in [5.74, 6) is 0. The molecule has 10 aromatic rings. The van der Waals surface area contributed by atoms with Gasteiger partial charge in [0, 0.05) is 27.5 Å². The van der Waals surface area contributed by atoms with Crippen molar-refractivity contribution in [2.75, 3.05) is 4.90 Å². The third kappa shape index (κ3) is 9.14. The van der Waals surface area contributed by atoms with Crippen LogP contribution in [0.4, 0.5) is 37.7 Å². The minimum atomic E-state index is -5.32. The molecule has 0 saturated carbocycles. The number of anilines is 2. The Morgan fingerprint density at radius 2 is 0.909 bits per heavy atom. The maximum absolute atomic E-state index is 15.4. The molecule has 1 aromatic heterocycles. The van der Waals surface area contributed by atoms with E-state index in [2.05, 4.69) is 37.0 Å². The van der Waals surface area contributed by atoms with Crippen LogP contribution in [0.15, 0.2) is 195 Å². The average molecular weight is 1020 g/mol. The molecule has 0 fully saturated rings. The van der Waals surface area contributed by atoms with Gasteiger partial charge in [0.15, 0.2) is 6.19 Å². The standard InChI is InChI=1S/C64H35F6N7/c1-2-6-48-31-45(42-19-13-39(34-71)14-20-42)25-28-55(48)76(38-75)58-11-4-8-50(61-53(63(65,66)67)9-5-10-54(61)64(68,69)70)62(58)60-49(37-74)7-3-12-59(60)77-56-29-26-46(43-21-15-40(35-72)16-22-43)32-51(56)52-33-47(27-30-57(52)77)44-23-17-41(36-73)18-24-44/h2-5,7-33H,1,6H2. The molecule has 0 radical (unpaired) electrons. The molecule has 0 unspecified atom stereocenters. The van der Waals surface area contributed by atoms with Crippen LogP contribution in [-0.2, 0) is 18.8 Å². The highest BCUT2D eigenvalue weighted by Crippen LogP contribution is 2.53. The van der Waals surface area contributed by atoms with Crippen molar-refractivity contribution in [3.05, 3.63) is 234 Å². The first-order valence-electron chi connectivity index (χ1n) is 23.7. The number of rotatable bonds is 10. The molecule has 0 aliphatic heterocycles. The zero-order valence-electron chi connectivity index (χ0n) is 40.2. The molecule has 0 saturated heterocycles. The van der Waals surface area contributed by atoms with Crippen LogP contribution in [0, 0.1) is 56.8 Å². The van der Waals surface area contributed by atoms with Crippen LogP contribution in [-0.4, -0.2) is 4.57 Å². The van der Waals surface area contributed by atoms with Gasteiger partial charge in [0.2, 0.25) is 0 Å². The quantitative estimate of drug-likeness (QED) is 0.0581. The fraction of sp³-hybridized carbons (Fsp3) is 0.0469. The molecule has 368 valence electrons. The number of halogens is 6. The lowest BCUT2D eigenvalue weighted by Crippen LogP contribution is -2.16. The number of benzene rings is 9. The van der Waals surface area contributed by atoms with Crippen molar-refractivity contribution >= 4 is 33.2 Å². The molecule has 0 bridgehead atoms. The molecule has 1 heterocycles. The summed E-state index contributed by atoms with van der Waals surface area (Å²) in [7, 11) is 0. The van der Waals surface area contributed by atoms with Gasteiger partial charge in [0.05, 0.1) is 85.8 Å². The van der Waals surface area contributed by atoms with Gasteiger partial charge in [-0.05, 0) is 154 Å². The van der Waals surface area contributed by atoms with Crippen LogP contribution >= 0.6 is 0 Å². The number of fused-ring (bicyclic) bond motifs is 3. The van der Waals surface area contributed by atoms with E-state index in [1.54, 1.807) is 89.5 Å². The first-order chi connectivity index (χ1) is 37.2. The molecular formula is C64H35F6N7. The van der Waals surface area contributed by atoms with Crippen LogP contribution < -0.4 is 4.90 Å². The fourth-order valence-electron chi connectivity index (χ4n) is 9.99. The van der Waals surface area contributed by atoms with Gasteiger partial charge >= 0.3 is 12.4 Å². The predicted molar refractivity (Wildman–Crippen MR) is 285 cm³/mol. The number of nitriles is 5. The van der Waals surface area contributed by atoms with Crippen molar-refractivity contribution in [3.63, 3.8) is 0 Å². The van der Waals surface area contributed by atoms with Crippen LogP contribution in [0.2, 0.25) is 0 Å². The molecule has 10 rings (SSSR count). The fourth-order valence-corrected chi connectivity index (χ4v) is 9.99. The van der Waals surface area contributed by atoms with E-state index in [1.165, 1.54) is 18.2 Å². The smallest absolute Gasteiger partial charge is 0.309 e. The lowest BCUT2D eigenvalue weighted by molar-refractivity contribution is -0.142. The second-order valence-electron chi connectivity index (χ2n) is 17.9. The van der Waals surface area contributed by atoms with Gasteiger partial charge < -0.3 is 4.57 Å². The zero-order valence-corrected chi connectivity index (χ0v) is 40.2. The van der Waals surface area contributed by atoms with Crippen LogP contribution in [0.25, 0.3) is 83.1 Å². The third-order valence-electron chi connectivity index (χ3n) is 13.5. The molecule has 13 heteroatoms. The maximum Gasteiger partial charge on any atom is 0.417 e. The third-order valence-corrected chi connectivity index (χ3v) is 13.5. The largest absolute Gasteiger partial charge is 0.417 e. The highest BCUT2D eigenvalue weighted by atomic mass is 19.4. The molecule has 0 amide bonds. The van der Waals surface area contributed by atoms with E-state index in [1.807, 2.05) is 60.7 Å². The van der Waals surface area contributed by atoms with E-state index in [0.717, 1.165) is 38.8 Å². The van der Waals surface area contributed by atoms with Gasteiger partial charge in [-0.3, -0.25) is 0 Å². The van der Waals surface area contributed by atoms with E-state index < -0.39 is 34.6 Å². The van der Waals surface area contributed by atoms with Crippen LogP contribution in [0.1, 0.15) is 38.9 Å². The van der Waals surface area contributed by atoms with E-state index >= 15 is 26.3 Å². The summed E-state index contributed by atoms with van der Waals surface area (Å²) in [5, 5.41) is 52.4. The number of alkyl halides is 6. The second kappa shape index (κ2) is 20.0. The number of aromatic nitrogens is 1. The number of hydrogen-bond acceptors (Lipinski definition) is 6. The Kier molecular flexibility index (Phi) is 13.0. The van der Waals surface area contributed by atoms with Crippen LogP contribution in [0.5, 0.6) is 0 Å². The summed E-state index contributed by atoms with van der Waals surface area (Å²) in [5.41, 5.74) is 2.28. The topological polar surface area (TPSA) is 127 Å². The van der Waals surface area contributed by atoms with Gasteiger partial charge in [-0.25, -0.2) is 4.90 Å². The number of allylic oxidation sites excluding steroid dienone is 1. The average Bonchev–Trinajstić information content (AvgIpc) is 3.77. The molecule has 7 nitrogen and oxygen atoms in total. The SMILES string of the molecule is C=CCc1cc(-c2ccc(C#N)cc2)ccc1N(C#N)c1cccc(-c2c(C(F)(F)F)cccc2C(F)(F)F)c1-c1c(C#N)cccc1-n1c2ccc(-c3ccc(C#N)cc3)cc2c2cc(-c3ccc(C#N)cc3)ccc21. The Balaban J connectivity index is 1.32. The first kappa shape index (κ1) is 49.9. The second-order valence-corrected chi connectivity index (χ2v) is 17.9. The van der Waals surface area contributed by atoms with Gasteiger partial charge in [0.1, 0.15) is 0 Å². The number of nitrogens with zero attached hydrogens (tertiary/aromatic N) is 7. The summed E-state index contributed by atoms with van der Waals surface area (Å²) < 4.78 is 94.4. The van der Waals surface area contributed by atoms with Crippen molar-refractivity contribution in [1.29, 1.82) is 26.3 Å². The maximum atomic E-state index is 15.4. The molecule has 0 aliphatic rings. The van der Waals surface area contributed by atoms with Gasteiger partial charge in [-0.15, -0.1) is 6.58 Å². The summed E-state index contributed by atoms with van der Waals surface area (Å²) in [6.07, 6.45) is -6.69. The Morgan fingerprint density at radius 1 is 0.455 bits per heavy atom. The minimum Gasteiger partial charge on any atom is -0.309 e. The highest BCUT2D eigenvalue weighted by molar-refractivity contribution is 6.13. The molecular weight excluding hydrogens is 981 g/mol. The minimum absolute atomic E-state index is 0.0726. The van der Waals surface area contributed by atoms with E-state index in [-0.39, 0.29) is 40.2 Å². The molecule has 77 heavy (non-hydrogen) atoms. The summed E-state index contributed by atoms with van der Waals surface area (Å²) >= 11 is 0. The lowest BCUT2D eigenvalue weighted by Gasteiger charge is -2.28. The first-order valence-corrected chi connectivity index (χ1v) is 23.7. The van der Waals surface area contributed by atoms with Gasteiger partial charge in [-0.1, -0.05) is 84.9 Å². The van der Waals surface area contributed by atoms with E-state index in [4.69, 9.17) is 0 Å². The Hall–Kier alpha value is -10.7. The van der Waals surface area contributed by atoms with Gasteiger partial charge in [-0.2, -0.15) is 52.7 Å². The molecule has 9 aromatic carbocycles. The summed E-state index contributed by atoms with van der Waals surface area (Å²) in [4.78, 5) is 1.14. The van der Waals surface area contributed by atoms with Crippen molar-refractivity contribution in [1.82, 2.24) is 4.57 Å². The molecule has 0 N–H and O–H groups in total. The predicted octanol–water partition coefficient (Wildman–Crippen LogP) is 17.0. The van der Waals surface area contributed by atoms with Crippen molar-refractivity contribution < 1.29 is 26.3 Å². The van der Waals surface area contributed by atoms with E-state index in [9.17, 15) is 26.3 Å². The summed E-state index contributed by atoms with van der Waals surface area (Å²) in [6, 6.07) is 56.0. The summed E-state index contributed by atoms with van der Waals surface area (Å²) in [6.45, 7) is 3.92. The van der Waals surface area contributed by atoms with Crippen molar-refractivity contribution in [2.45, 2.75) is 18.8 Å². The lowest BCUT2D eigenvalue weighted by atomic mass is 9.84.